The average Bonchev–Trinajstić information content (AvgIpc) is 2.75. The number of ether oxygens (including phenoxy) is 3. The minimum Gasteiger partial charge on any atom is -0.493 e. The second kappa shape index (κ2) is 10.2. The molecule has 0 saturated carbocycles. The molecule has 1 atom stereocenters. The van der Waals surface area contributed by atoms with Crippen LogP contribution >= 0.6 is 0 Å². The van der Waals surface area contributed by atoms with Crippen molar-refractivity contribution in [2.45, 2.75) is 19.4 Å². The Labute approximate surface area is 171 Å². The monoisotopic (exact) mass is 391 g/mol. The highest BCUT2D eigenvalue weighted by Crippen LogP contribution is 2.27. The van der Waals surface area contributed by atoms with Crippen molar-refractivity contribution in [2.24, 2.45) is 0 Å². The minimum absolute atomic E-state index is 0.252. The number of carbonyl (C=O) groups excluding carboxylic acids is 1. The van der Waals surface area contributed by atoms with E-state index in [4.69, 9.17) is 14.2 Å². The highest BCUT2D eigenvalue weighted by atomic mass is 16.5. The molecule has 3 rings (SSSR count). The summed E-state index contributed by atoms with van der Waals surface area (Å²) < 4.78 is 16.8. The summed E-state index contributed by atoms with van der Waals surface area (Å²) in [5, 5.41) is 2.86. The topological polar surface area (TPSA) is 56.8 Å². The molecule has 1 N–H and O–H groups in total. The van der Waals surface area contributed by atoms with Crippen LogP contribution in [0.3, 0.4) is 0 Å². The number of hydrogen-bond acceptors (Lipinski definition) is 4. The van der Waals surface area contributed by atoms with Gasteiger partial charge < -0.3 is 19.5 Å². The van der Waals surface area contributed by atoms with Crippen molar-refractivity contribution >= 4 is 11.6 Å². The Bertz CT molecular complexity index is 927. The fraction of sp³-hybridized carbons (Fsp3) is 0.208. The van der Waals surface area contributed by atoms with E-state index in [0.717, 1.165) is 6.42 Å². The Balaban J connectivity index is 1.54. The van der Waals surface area contributed by atoms with E-state index in [2.05, 4.69) is 17.4 Å². The van der Waals surface area contributed by atoms with Crippen molar-refractivity contribution < 1.29 is 19.0 Å². The van der Waals surface area contributed by atoms with Crippen LogP contribution in [-0.4, -0.2) is 25.7 Å². The third-order valence-corrected chi connectivity index (χ3v) is 4.35. The van der Waals surface area contributed by atoms with Gasteiger partial charge in [-0.1, -0.05) is 48.5 Å². The predicted octanol–water partition coefficient (Wildman–Crippen LogP) is 4.72. The fourth-order valence-corrected chi connectivity index (χ4v) is 2.80. The average molecular weight is 391 g/mol. The first-order valence-electron chi connectivity index (χ1n) is 9.53. The Hall–Kier alpha value is -3.47. The van der Waals surface area contributed by atoms with Crippen LogP contribution < -0.4 is 19.5 Å². The summed E-state index contributed by atoms with van der Waals surface area (Å²) >= 11 is 0. The SMILES string of the molecule is COc1ccccc1OC(C)C(=O)Nc1cccc(OCCc2ccccc2)c1. The third kappa shape index (κ3) is 6.01. The molecule has 0 aliphatic heterocycles. The number of anilines is 1. The van der Waals surface area contributed by atoms with Gasteiger partial charge in [-0.15, -0.1) is 0 Å². The van der Waals surface area contributed by atoms with Gasteiger partial charge in [0.25, 0.3) is 5.91 Å². The highest BCUT2D eigenvalue weighted by molar-refractivity contribution is 5.94. The normalized spacial score (nSPS) is 11.4. The second-order valence-corrected chi connectivity index (χ2v) is 6.51. The van der Waals surface area contributed by atoms with Crippen molar-refractivity contribution in [1.29, 1.82) is 0 Å². The number of benzene rings is 3. The van der Waals surface area contributed by atoms with Crippen molar-refractivity contribution in [3.05, 3.63) is 84.4 Å². The van der Waals surface area contributed by atoms with E-state index >= 15 is 0 Å². The number of amides is 1. The van der Waals surface area contributed by atoms with Crippen LogP contribution in [0.4, 0.5) is 5.69 Å². The van der Waals surface area contributed by atoms with E-state index in [1.54, 1.807) is 32.2 Å². The molecule has 0 saturated heterocycles. The summed E-state index contributed by atoms with van der Waals surface area (Å²) in [6, 6.07) is 24.7. The third-order valence-electron chi connectivity index (χ3n) is 4.35. The van der Waals surface area contributed by atoms with E-state index < -0.39 is 6.10 Å². The molecular formula is C24H25NO4. The van der Waals surface area contributed by atoms with Gasteiger partial charge in [-0.2, -0.15) is 0 Å². The Morgan fingerprint density at radius 1 is 0.931 bits per heavy atom. The van der Waals surface area contributed by atoms with E-state index in [9.17, 15) is 4.79 Å². The Morgan fingerprint density at radius 3 is 2.41 bits per heavy atom. The lowest BCUT2D eigenvalue weighted by molar-refractivity contribution is -0.122. The summed E-state index contributed by atoms with van der Waals surface area (Å²) in [6.07, 6.45) is 0.134. The van der Waals surface area contributed by atoms with Crippen LogP contribution in [0, 0.1) is 0 Å². The van der Waals surface area contributed by atoms with Gasteiger partial charge in [0, 0.05) is 18.2 Å². The first-order chi connectivity index (χ1) is 14.2. The van der Waals surface area contributed by atoms with Crippen LogP contribution in [0.1, 0.15) is 12.5 Å². The van der Waals surface area contributed by atoms with Crippen molar-refractivity contribution in [3.8, 4) is 17.2 Å². The zero-order valence-corrected chi connectivity index (χ0v) is 16.6. The fourth-order valence-electron chi connectivity index (χ4n) is 2.80. The highest BCUT2D eigenvalue weighted by Gasteiger charge is 2.17. The number of methoxy groups -OCH3 is 1. The smallest absolute Gasteiger partial charge is 0.265 e. The minimum atomic E-state index is -0.686. The Morgan fingerprint density at radius 2 is 1.66 bits per heavy atom. The molecule has 0 aliphatic carbocycles. The number of hydrogen-bond donors (Lipinski definition) is 1. The summed E-state index contributed by atoms with van der Waals surface area (Å²) in [5.74, 6) is 1.56. The van der Waals surface area contributed by atoms with Gasteiger partial charge in [0.15, 0.2) is 17.6 Å². The van der Waals surface area contributed by atoms with Crippen LogP contribution in [0.5, 0.6) is 17.2 Å². The van der Waals surface area contributed by atoms with E-state index in [1.807, 2.05) is 48.5 Å². The molecule has 5 heteroatoms. The lowest BCUT2D eigenvalue weighted by atomic mass is 10.2. The van der Waals surface area contributed by atoms with E-state index in [1.165, 1.54) is 5.56 Å². The maximum Gasteiger partial charge on any atom is 0.265 e. The predicted molar refractivity (Wildman–Crippen MR) is 114 cm³/mol. The molecule has 0 bridgehead atoms. The lowest BCUT2D eigenvalue weighted by Crippen LogP contribution is -2.30. The molecule has 0 heterocycles. The molecule has 0 fully saturated rings. The molecule has 0 aliphatic rings. The maximum absolute atomic E-state index is 12.5. The van der Waals surface area contributed by atoms with Gasteiger partial charge in [-0.25, -0.2) is 0 Å². The largest absolute Gasteiger partial charge is 0.493 e. The van der Waals surface area contributed by atoms with Crippen LogP contribution in [0.2, 0.25) is 0 Å². The van der Waals surface area contributed by atoms with Crippen LogP contribution in [-0.2, 0) is 11.2 Å². The van der Waals surface area contributed by atoms with Gasteiger partial charge in [0.2, 0.25) is 0 Å². The molecular weight excluding hydrogens is 366 g/mol. The molecule has 0 radical (unpaired) electrons. The van der Waals surface area contributed by atoms with Crippen molar-refractivity contribution in [1.82, 2.24) is 0 Å². The summed E-state index contributed by atoms with van der Waals surface area (Å²) in [4.78, 5) is 12.5. The first-order valence-corrected chi connectivity index (χ1v) is 9.53. The van der Waals surface area contributed by atoms with E-state index in [-0.39, 0.29) is 5.91 Å². The molecule has 0 aromatic heterocycles. The van der Waals surface area contributed by atoms with Gasteiger partial charge in [0.05, 0.1) is 13.7 Å². The first kappa shape index (κ1) is 20.3. The molecule has 3 aromatic rings. The van der Waals surface area contributed by atoms with Gasteiger partial charge >= 0.3 is 0 Å². The lowest BCUT2D eigenvalue weighted by Gasteiger charge is -2.17. The maximum atomic E-state index is 12.5. The summed E-state index contributed by atoms with van der Waals surface area (Å²) in [7, 11) is 1.57. The zero-order chi connectivity index (χ0) is 20.5. The number of para-hydroxylation sites is 2. The van der Waals surface area contributed by atoms with Gasteiger partial charge in [-0.05, 0) is 36.8 Å². The van der Waals surface area contributed by atoms with Crippen LogP contribution in [0.15, 0.2) is 78.9 Å². The molecule has 1 unspecified atom stereocenters. The molecule has 0 spiro atoms. The van der Waals surface area contributed by atoms with Crippen LogP contribution in [0.25, 0.3) is 0 Å². The summed E-state index contributed by atoms with van der Waals surface area (Å²) in [5.41, 5.74) is 1.88. The standard InChI is InChI=1S/C24H25NO4/c1-18(29-23-14-7-6-13-22(23)27-2)24(26)25-20-11-8-12-21(17-20)28-16-15-19-9-4-3-5-10-19/h3-14,17-18H,15-16H2,1-2H3,(H,25,26). The van der Waals surface area contributed by atoms with Crippen molar-refractivity contribution in [3.63, 3.8) is 0 Å². The zero-order valence-electron chi connectivity index (χ0n) is 16.6. The van der Waals surface area contributed by atoms with Gasteiger partial charge in [0.1, 0.15) is 5.75 Å². The quantitative estimate of drug-likeness (QED) is 0.573. The van der Waals surface area contributed by atoms with Crippen molar-refractivity contribution in [2.75, 3.05) is 19.0 Å². The summed E-state index contributed by atoms with van der Waals surface area (Å²) in [6.45, 7) is 2.26. The Kier molecular flexibility index (Phi) is 7.11. The molecule has 5 nitrogen and oxygen atoms in total. The molecule has 150 valence electrons. The molecule has 1 amide bonds. The van der Waals surface area contributed by atoms with Gasteiger partial charge in [-0.3, -0.25) is 4.79 Å². The van der Waals surface area contributed by atoms with E-state index in [0.29, 0.717) is 29.5 Å². The molecule has 29 heavy (non-hydrogen) atoms. The molecule has 3 aromatic carbocycles. The number of carbonyl (C=O) groups is 1. The number of nitrogens with one attached hydrogen (secondary N) is 1. The second-order valence-electron chi connectivity index (χ2n) is 6.51. The number of rotatable bonds is 9.